The SMILES string of the molecule is CCCC(C)(C)NCC(N)C(N)=O. The van der Waals surface area contributed by atoms with Gasteiger partial charge in [0.25, 0.3) is 0 Å². The lowest BCUT2D eigenvalue weighted by atomic mass is 9.98. The second-order valence-corrected chi connectivity index (χ2v) is 4.02. The number of hydrogen-bond acceptors (Lipinski definition) is 3. The van der Waals surface area contributed by atoms with Gasteiger partial charge in [0, 0.05) is 12.1 Å². The second-order valence-electron chi connectivity index (χ2n) is 4.02. The van der Waals surface area contributed by atoms with Crippen LogP contribution in [-0.2, 0) is 4.79 Å². The monoisotopic (exact) mass is 187 g/mol. The Kier molecular flexibility index (Phi) is 4.95. The van der Waals surface area contributed by atoms with Crippen LogP contribution in [0.4, 0.5) is 0 Å². The van der Waals surface area contributed by atoms with Crippen LogP contribution < -0.4 is 16.8 Å². The molecule has 0 aliphatic rings. The lowest BCUT2D eigenvalue weighted by Gasteiger charge is -2.26. The topological polar surface area (TPSA) is 81.1 Å². The summed E-state index contributed by atoms with van der Waals surface area (Å²) < 4.78 is 0. The van der Waals surface area contributed by atoms with Gasteiger partial charge in [-0.3, -0.25) is 4.79 Å². The maximum Gasteiger partial charge on any atom is 0.235 e. The van der Waals surface area contributed by atoms with Crippen molar-refractivity contribution < 1.29 is 4.79 Å². The molecule has 1 unspecified atom stereocenters. The Bertz CT molecular complexity index is 168. The van der Waals surface area contributed by atoms with E-state index < -0.39 is 11.9 Å². The minimum absolute atomic E-state index is 0.0296. The highest BCUT2D eigenvalue weighted by Gasteiger charge is 2.18. The molecule has 0 aliphatic carbocycles. The fourth-order valence-electron chi connectivity index (χ4n) is 1.20. The molecular weight excluding hydrogens is 166 g/mol. The predicted molar refractivity (Wildman–Crippen MR) is 54.2 cm³/mol. The zero-order valence-corrected chi connectivity index (χ0v) is 8.76. The minimum atomic E-state index is -0.587. The van der Waals surface area contributed by atoms with Gasteiger partial charge >= 0.3 is 0 Å². The Morgan fingerprint density at radius 3 is 2.46 bits per heavy atom. The summed E-state index contributed by atoms with van der Waals surface area (Å²) in [7, 11) is 0. The molecule has 0 bridgehead atoms. The summed E-state index contributed by atoms with van der Waals surface area (Å²) in [6.45, 7) is 6.74. The molecule has 0 spiro atoms. The molecule has 0 saturated heterocycles. The van der Waals surface area contributed by atoms with Gasteiger partial charge in [0.15, 0.2) is 0 Å². The third kappa shape index (κ3) is 5.60. The first-order valence-electron chi connectivity index (χ1n) is 4.69. The molecule has 0 aromatic rings. The molecule has 0 fully saturated rings. The molecule has 0 rings (SSSR count). The molecular formula is C9H21N3O. The van der Waals surface area contributed by atoms with Crippen LogP contribution in [0.2, 0.25) is 0 Å². The molecule has 5 N–H and O–H groups in total. The largest absolute Gasteiger partial charge is 0.368 e. The van der Waals surface area contributed by atoms with Gasteiger partial charge < -0.3 is 16.8 Å². The molecule has 0 saturated carbocycles. The van der Waals surface area contributed by atoms with Crippen LogP contribution in [0.3, 0.4) is 0 Å². The average Bonchev–Trinajstić information content (AvgIpc) is 2.00. The third-order valence-corrected chi connectivity index (χ3v) is 2.04. The van der Waals surface area contributed by atoms with E-state index in [1.165, 1.54) is 0 Å². The van der Waals surface area contributed by atoms with Crippen molar-refractivity contribution in [2.45, 2.75) is 45.2 Å². The van der Waals surface area contributed by atoms with E-state index in [-0.39, 0.29) is 5.54 Å². The van der Waals surface area contributed by atoms with E-state index >= 15 is 0 Å². The fraction of sp³-hybridized carbons (Fsp3) is 0.889. The molecule has 13 heavy (non-hydrogen) atoms. The summed E-state index contributed by atoms with van der Waals surface area (Å²) in [6.07, 6.45) is 2.16. The van der Waals surface area contributed by atoms with Crippen molar-refractivity contribution in [3.8, 4) is 0 Å². The quantitative estimate of drug-likeness (QED) is 0.546. The van der Waals surface area contributed by atoms with Gasteiger partial charge in [0.05, 0.1) is 6.04 Å². The molecule has 1 amide bonds. The van der Waals surface area contributed by atoms with E-state index in [4.69, 9.17) is 11.5 Å². The summed E-state index contributed by atoms with van der Waals surface area (Å²) in [4.78, 5) is 10.6. The highest BCUT2D eigenvalue weighted by atomic mass is 16.1. The normalized spacial score (nSPS) is 14.2. The molecule has 0 radical (unpaired) electrons. The van der Waals surface area contributed by atoms with Crippen molar-refractivity contribution in [3.05, 3.63) is 0 Å². The zero-order chi connectivity index (χ0) is 10.5. The molecule has 78 valence electrons. The van der Waals surface area contributed by atoms with E-state index in [1.54, 1.807) is 0 Å². The lowest BCUT2D eigenvalue weighted by molar-refractivity contribution is -0.119. The van der Waals surface area contributed by atoms with E-state index in [1.807, 2.05) is 0 Å². The van der Waals surface area contributed by atoms with Crippen LogP contribution in [0.1, 0.15) is 33.6 Å². The second kappa shape index (κ2) is 5.19. The smallest absolute Gasteiger partial charge is 0.235 e. The first-order chi connectivity index (χ1) is 5.89. The highest BCUT2D eigenvalue weighted by Crippen LogP contribution is 2.09. The molecule has 4 nitrogen and oxygen atoms in total. The van der Waals surface area contributed by atoms with Gasteiger partial charge in [-0.2, -0.15) is 0 Å². The maximum absolute atomic E-state index is 10.6. The van der Waals surface area contributed by atoms with Gasteiger partial charge in [-0.1, -0.05) is 13.3 Å². The van der Waals surface area contributed by atoms with Crippen molar-refractivity contribution in [1.29, 1.82) is 0 Å². The van der Waals surface area contributed by atoms with E-state index in [0.29, 0.717) is 6.54 Å². The number of carbonyl (C=O) groups is 1. The van der Waals surface area contributed by atoms with E-state index in [2.05, 4.69) is 26.1 Å². The first-order valence-corrected chi connectivity index (χ1v) is 4.69. The molecule has 0 aromatic heterocycles. The van der Waals surface area contributed by atoms with Crippen LogP contribution >= 0.6 is 0 Å². The van der Waals surface area contributed by atoms with Gasteiger partial charge in [-0.25, -0.2) is 0 Å². The molecule has 1 atom stereocenters. The zero-order valence-electron chi connectivity index (χ0n) is 8.76. The van der Waals surface area contributed by atoms with Crippen LogP contribution in [-0.4, -0.2) is 24.0 Å². The Morgan fingerprint density at radius 1 is 1.54 bits per heavy atom. The summed E-state index contributed by atoms with van der Waals surface area (Å²) in [5, 5.41) is 3.22. The lowest BCUT2D eigenvalue weighted by Crippen LogP contribution is -2.50. The number of nitrogens with two attached hydrogens (primary N) is 2. The van der Waals surface area contributed by atoms with E-state index in [9.17, 15) is 4.79 Å². The Labute approximate surface area is 80.0 Å². The average molecular weight is 187 g/mol. The molecule has 4 heteroatoms. The van der Waals surface area contributed by atoms with Crippen molar-refractivity contribution >= 4 is 5.91 Å². The molecule has 0 aromatic carbocycles. The number of nitrogens with one attached hydrogen (secondary N) is 1. The fourth-order valence-corrected chi connectivity index (χ4v) is 1.20. The number of amides is 1. The predicted octanol–water partition coefficient (Wildman–Crippen LogP) is -0.0327. The molecule has 0 heterocycles. The molecule has 0 aliphatic heterocycles. The standard InChI is InChI=1S/C9H21N3O/c1-4-5-9(2,3)12-6-7(10)8(11)13/h7,12H,4-6,10H2,1-3H3,(H2,11,13). The minimum Gasteiger partial charge on any atom is -0.368 e. The highest BCUT2D eigenvalue weighted by molar-refractivity contribution is 5.79. The number of primary amides is 1. The first kappa shape index (κ1) is 12.4. The van der Waals surface area contributed by atoms with Crippen molar-refractivity contribution in [2.24, 2.45) is 11.5 Å². The third-order valence-electron chi connectivity index (χ3n) is 2.04. The summed E-state index contributed by atoms with van der Waals surface area (Å²) >= 11 is 0. The van der Waals surface area contributed by atoms with Gasteiger partial charge in [0.2, 0.25) is 5.91 Å². The number of carbonyl (C=O) groups excluding carboxylic acids is 1. The van der Waals surface area contributed by atoms with Crippen molar-refractivity contribution in [3.63, 3.8) is 0 Å². The van der Waals surface area contributed by atoms with Crippen LogP contribution in [0, 0.1) is 0 Å². The van der Waals surface area contributed by atoms with Crippen LogP contribution in [0.25, 0.3) is 0 Å². The van der Waals surface area contributed by atoms with E-state index in [0.717, 1.165) is 12.8 Å². The van der Waals surface area contributed by atoms with Gasteiger partial charge in [0.1, 0.15) is 0 Å². The van der Waals surface area contributed by atoms with Gasteiger partial charge in [-0.15, -0.1) is 0 Å². The maximum atomic E-state index is 10.6. The Hall–Kier alpha value is -0.610. The summed E-state index contributed by atoms with van der Waals surface area (Å²) in [6, 6.07) is -0.587. The summed E-state index contributed by atoms with van der Waals surface area (Å²) in [5.74, 6) is -0.459. The number of rotatable bonds is 6. The van der Waals surface area contributed by atoms with Crippen LogP contribution in [0.5, 0.6) is 0 Å². The summed E-state index contributed by atoms with van der Waals surface area (Å²) in [5.41, 5.74) is 10.5. The van der Waals surface area contributed by atoms with Crippen LogP contribution in [0.15, 0.2) is 0 Å². The Morgan fingerprint density at radius 2 is 2.08 bits per heavy atom. The Balaban J connectivity index is 3.80. The van der Waals surface area contributed by atoms with Crippen molar-refractivity contribution in [1.82, 2.24) is 5.32 Å². The number of hydrogen-bond donors (Lipinski definition) is 3. The van der Waals surface area contributed by atoms with Gasteiger partial charge in [-0.05, 0) is 20.3 Å². The van der Waals surface area contributed by atoms with Crippen molar-refractivity contribution in [2.75, 3.05) is 6.54 Å².